The second-order valence-corrected chi connectivity index (χ2v) is 10.4. The maximum absolute atomic E-state index is 13.5. The van der Waals surface area contributed by atoms with E-state index < -0.39 is 64.8 Å². The molecule has 0 radical (unpaired) electrons. The number of nitrogens with one attached hydrogen (secondary N) is 1. The third kappa shape index (κ3) is 8.64. The second-order valence-electron chi connectivity index (χ2n) is 9.98. The molecule has 0 bridgehead atoms. The Hall–Kier alpha value is -4.36. The largest absolute Gasteiger partial charge is 0.478 e. The number of anilines is 1. The molecule has 0 saturated carbocycles. The first-order chi connectivity index (χ1) is 20.9. The van der Waals surface area contributed by atoms with Gasteiger partial charge in [0, 0.05) is 35.3 Å². The van der Waals surface area contributed by atoms with Crippen LogP contribution in [0.1, 0.15) is 51.9 Å². The second kappa shape index (κ2) is 14.2. The molecule has 0 aromatic heterocycles. The van der Waals surface area contributed by atoms with Crippen molar-refractivity contribution in [1.29, 1.82) is 0 Å². The van der Waals surface area contributed by atoms with E-state index in [-0.39, 0.29) is 6.07 Å². The van der Waals surface area contributed by atoms with Gasteiger partial charge in [-0.2, -0.15) is 26.3 Å². The lowest BCUT2D eigenvalue weighted by Crippen LogP contribution is -2.55. The SMILES string of the molecule is CCC=CC(=O)O.CN(C(=O)c1cc(C(F)(F)F)cc(C(F)(F)F)c1)C1C(N)C(=O)Nc2ccccc2C1c1ccc(Cl)cc1. The van der Waals surface area contributed by atoms with Crippen LogP contribution in [0.5, 0.6) is 0 Å². The van der Waals surface area contributed by atoms with E-state index in [2.05, 4.69) is 5.32 Å². The first-order valence-electron chi connectivity index (χ1n) is 13.3. The van der Waals surface area contributed by atoms with Crippen LogP contribution in [0.25, 0.3) is 0 Å². The summed E-state index contributed by atoms with van der Waals surface area (Å²) in [5, 5.41) is 11.0. The number of fused-ring (bicyclic) bond motifs is 1. The zero-order valence-corrected chi connectivity index (χ0v) is 24.5. The molecule has 1 aliphatic heterocycles. The van der Waals surface area contributed by atoms with Crippen LogP contribution in [-0.4, -0.2) is 46.9 Å². The van der Waals surface area contributed by atoms with Crippen molar-refractivity contribution < 1.29 is 45.8 Å². The van der Waals surface area contributed by atoms with Gasteiger partial charge in [0.1, 0.15) is 6.04 Å². The van der Waals surface area contributed by atoms with Crippen LogP contribution in [0, 0.1) is 0 Å². The summed E-state index contributed by atoms with van der Waals surface area (Å²) in [7, 11) is 1.19. The van der Waals surface area contributed by atoms with Crippen LogP contribution in [-0.2, 0) is 21.9 Å². The van der Waals surface area contributed by atoms with Gasteiger partial charge in [0.15, 0.2) is 0 Å². The quantitative estimate of drug-likeness (QED) is 0.203. The molecule has 240 valence electrons. The normalized spacial score (nSPS) is 18.3. The highest BCUT2D eigenvalue weighted by atomic mass is 35.5. The van der Waals surface area contributed by atoms with Gasteiger partial charge in [-0.3, -0.25) is 9.59 Å². The number of para-hydroxylation sites is 1. The summed E-state index contributed by atoms with van der Waals surface area (Å²) in [6, 6.07) is 11.1. The minimum absolute atomic E-state index is 0.0611. The number of benzene rings is 3. The zero-order valence-electron chi connectivity index (χ0n) is 23.8. The Morgan fingerprint density at radius 1 is 0.978 bits per heavy atom. The van der Waals surface area contributed by atoms with Crippen LogP contribution in [0.3, 0.4) is 0 Å². The van der Waals surface area contributed by atoms with E-state index in [0.29, 0.717) is 34.0 Å². The third-order valence-electron chi connectivity index (χ3n) is 6.89. The molecule has 2 amide bonds. The van der Waals surface area contributed by atoms with Crippen molar-refractivity contribution >= 4 is 35.1 Å². The molecule has 3 aromatic rings. The molecular formula is C31H28ClF6N3O4. The average Bonchev–Trinajstić information content (AvgIpc) is 3.08. The molecule has 3 aromatic carbocycles. The molecule has 3 unspecified atom stereocenters. The van der Waals surface area contributed by atoms with Crippen molar-refractivity contribution in [2.75, 3.05) is 12.4 Å². The van der Waals surface area contributed by atoms with Gasteiger partial charge in [0.25, 0.3) is 5.91 Å². The maximum Gasteiger partial charge on any atom is 0.416 e. The molecule has 3 atom stereocenters. The number of aliphatic carboxylic acids is 1. The lowest BCUT2D eigenvalue weighted by atomic mass is 9.81. The highest BCUT2D eigenvalue weighted by Gasteiger charge is 2.43. The van der Waals surface area contributed by atoms with Gasteiger partial charge in [0.2, 0.25) is 5.91 Å². The molecular weight excluding hydrogens is 628 g/mol. The summed E-state index contributed by atoms with van der Waals surface area (Å²) in [5.41, 5.74) is 3.67. The van der Waals surface area contributed by atoms with Crippen molar-refractivity contribution in [2.45, 2.75) is 43.7 Å². The van der Waals surface area contributed by atoms with Gasteiger partial charge in [-0.25, -0.2) is 4.79 Å². The van der Waals surface area contributed by atoms with Crippen LogP contribution < -0.4 is 11.1 Å². The van der Waals surface area contributed by atoms with Crippen LogP contribution in [0.2, 0.25) is 5.02 Å². The Kier molecular flexibility index (Phi) is 11.1. The zero-order chi connectivity index (χ0) is 33.7. The average molecular weight is 656 g/mol. The molecule has 0 spiro atoms. The Morgan fingerprint density at radius 2 is 1.53 bits per heavy atom. The fourth-order valence-electron chi connectivity index (χ4n) is 4.79. The van der Waals surface area contributed by atoms with Gasteiger partial charge in [-0.1, -0.05) is 54.9 Å². The lowest BCUT2D eigenvalue weighted by molar-refractivity contribution is -0.143. The van der Waals surface area contributed by atoms with E-state index in [9.17, 15) is 40.7 Å². The number of alkyl halides is 6. The summed E-state index contributed by atoms with van der Waals surface area (Å²) in [6.07, 6.45) is -6.76. The number of halogens is 7. The van der Waals surface area contributed by atoms with Crippen molar-refractivity contribution in [1.82, 2.24) is 4.90 Å². The van der Waals surface area contributed by atoms with Gasteiger partial charge < -0.3 is 21.1 Å². The summed E-state index contributed by atoms with van der Waals surface area (Å²) in [6.45, 7) is 1.89. The minimum atomic E-state index is -5.14. The Bertz CT molecular complexity index is 1540. The predicted octanol–water partition coefficient (Wildman–Crippen LogP) is 6.97. The molecule has 0 aliphatic carbocycles. The van der Waals surface area contributed by atoms with Crippen LogP contribution in [0.15, 0.2) is 78.9 Å². The van der Waals surface area contributed by atoms with E-state index in [0.717, 1.165) is 17.4 Å². The molecule has 0 saturated heterocycles. The van der Waals surface area contributed by atoms with E-state index in [1.807, 2.05) is 6.92 Å². The number of carboxylic acids is 1. The van der Waals surface area contributed by atoms with Crippen LogP contribution in [0.4, 0.5) is 32.0 Å². The van der Waals surface area contributed by atoms with Crippen molar-refractivity contribution in [2.24, 2.45) is 5.73 Å². The van der Waals surface area contributed by atoms with Crippen molar-refractivity contribution in [3.8, 4) is 0 Å². The number of hydrogen-bond donors (Lipinski definition) is 3. The predicted molar refractivity (Wildman–Crippen MR) is 156 cm³/mol. The fourth-order valence-corrected chi connectivity index (χ4v) is 4.92. The number of hydrogen-bond acceptors (Lipinski definition) is 4. The van der Waals surface area contributed by atoms with E-state index >= 15 is 0 Å². The Morgan fingerprint density at radius 3 is 2.02 bits per heavy atom. The summed E-state index contributed by atoms with van der Waals surface area (Å²) < 4.78 is 80.6. The van der Waals surface area contributed by atoms with Crippen molar-refractivity contribution in [3.63, 3.8) is 0 Å². The molecule has 1 heterocycles. The van der Waals surface area contributed by atoms with E-state index in [4.69, 9.17) is 22.4 Å². The first kappa shape index (κ1) is 35.1. The molecule has 45 heavy (non-hydrogen) atoms. The van der Waals surface area contributed by atoms with E-state index in [1.54, 1.807) is 54.6 Å². The monoisotopic (exact) mass is 655 g/mol. The Balaban J connectivity index is 0.000000707. The lowest BCUT2D eigenvalue weighted by Gasteiger charge is -2.37. The minimum Gasteiger partial charge on any atom is -0.478 e. The number of amides is 2. The number of allylic oxidation sites excluding steroid dienone is 1. The van der Waals surface area contributed by atoms with Gasteiger partial charge in [-0.15, -0.1) is 0 Å². The first-order valence-corrected chi connectivity index (χ1v) is 13.7. The molecule has 1 aliphatic rings. The van der Waals surface area contributed by atoms with Gasteiger partial charge >= 0.3 is 18.3 Å². The number of carbonyl (C=O) groups excluding carboxylic acids is 2. The van der Waals surface area contributed by atoms with E-state index in [1.165, 1.54) is 7.05 Å². The van der Waals surface area contributed by atoms with Gasteiger partial charge in [0.05, 0.1) is 17.2 Å². The van der Waals surface area contributed by atoms with Gasteiger partial charge in [-0.05, 0) is 53.9 Å². The molecule has 4 N–H and O–H groups in total. The standard InChI is InChI=1S/C26H20ClF6N3O2.C5H8O2/c1-36(24(38)14-10-15(25(28,29)30)12-16(11-14)26(31,32)33)22-20(13-6-8-17(27)9-7-13)18-4-2-3-5-19(18)35-23(37)21(22)34;1-2-3-4-5(6)7/h2-12,20-22H,34H2,1H3,(H,35,37);3-4H,2H2,1H3,(H,6,7). The summed E-state index contributed by atoms with van der Waals surface area (Å²) in [4.78, 5) is 37.0. The number of carboxylic acid groups (broad SMARTS) is 1. The Labute approximate surface area is 259 Å². The number of nitrogens with two attached hydrogens (primary N) is 1. The summed E-state index contributed by atoms with van der Waals surface area (Å²) >= 11 is 6.03. The van der Waals surface area contributed by atoms with Crippen molar-refractivity contribution in [3.05, 3.63) is 112 Å². The van der Waals surface area contributed by atoms with Crippen LogP contribution >= 0.6 is 11.6 Å². The molecule has 14 heteroatoms. The maximum atomic E-state index is 13.5. The highest BCUT2D eigenvalue weighted by molar-refractivity contribution is 6.30. The summed E-state index contributed by atoms with van der Waals surface area (Å²) in [5.74, 6) is -3.52. The molecule has 7 nitrogen and oxygen atoms in total. The molecule has 4 rings (SSSR count). The number of rotatable bonds is 5. The fraction of sp³-hybridized carbons (Fsp3) is 0.258. The number of likely N-dealkylation sites (N-methyl/N-ethyl adjacent to an activating group) is 1. The smallest absolute Gasteiger partial charge is 0.416 e. The number of carbonyl (C=O) groups is 3. The third-order valence-corrected chi connectivity index (χ3v) is 7.15. The highest BCUT2D eigenvalue weighted by Crippen LogP contribution is 2.40. The molecule has 0 fully saturated rings. The number of nitrogens with zero attached hydrogens (tertiary/aromatic N) is 1. The topological polar surface area (TPSA) is 113 Å².